The van der Waals surface area contributed by atoms with Crippen LogP contribution in [0.25, 0.3) is 22.8 Å². The Balaban J connectivity index is 2.01. The van der Waals surface area contributed by atoms with Crippen molar-refractivity contribution < 1.29 is 17.7 Å². The second-order valence-electron chi connectivity index (χ2n) is 5.14. The van der Waals surface area contributed by atoms with Crippen LogP contribution in [-0.4, -0.2) is 15.1 Å². The number of alkyl halides is 3. The molecule has 0 aliphatic rings. The van der Waals surface area contributed by atoms with Crippen LogP contribution < -0.4 is 0 Å². The van der Waals surface area contributed by atoms with Gasteiger partial charge < -0.3 is 4.52 Å². The van der Waals surface area contributed by atoms with E-state index in [1.54, 1.807) is 18.3 Å². The summed E-state index contributed by atoms with van der Waals surface area (Å²) in [4.78, 5) is 8.24. The summed E-state index contributed by atoms with van der Waals surface area (Å²) in [6.45, 7) is 3.23. The van der Waals surface area contributed by atoms with E-state index in [-0.39, 0.29) is 17.0 Å². The molecule has 0 saturated heterocycles. The molecule has 0 radical (unpaired) electrons. The Morgan fingerprint density at radius 2 is 1.78 bits per heavy atom. The number of halogens is 3. The molecule has 0 aliphatic carbocycles. The van der Waals surface area contributed by atoms with Gasteiger partial charge in [0, 0.05) is 23.0 Å². The fraction of sp³-hybridized carbons (Fsp3) is 0.188. The molecular formula is C16H12F3N3O. The minimum Gasteiger partial charge on any atom is -0.334 e. The van der Waals surface area contributed by atoms with Crippen LogP contribution in [0.3, 0.4) is 0 Å². The largest absolute Gasteiger partial charge is 0.416 e. The van der Waals surface area contributed by atoms with Crippen LogP contribution in [0, 0.1) is 13.8 Å². The van der Waals surface area contributed by atoms with Gasteiger partial charge in [-0.1, -0.05) is 11.2 Å². The summed E-state index contributed by atoms with van der Waals surface area (Å²) < 4.78 is 44.1. The van der Waals surface area contributed by atoms with Gasteiger partial charge in [0.2, 0.25) is 5.82 Å². The summed E-state index contributed by atoms with van der Waals surface area (Å²) in [5.74, 6) is 0.347. The summed E-state index contributed by atoms with van der Waals surface area (Å²) in [6.07, 6.45) is -2.82. The molecule has 23 heavy (non-hydrogen) atoms. The first-order valence-electron chi connectivity index (χ1n) is 6.79. The molecule has 0 bridgehead atoms. The van der Waals surface area contributed by atoms with Gasteiger partial charge in [-0.15, -0.1) is 0 Å². The van der Waals surface area contributed by atoms with Crippen LogP contribution in [0.1, 0.15) is 16.8 Å². The molecule has 4 nitrogen and oxygen atoms in total. The Morgan fingerprint density at radius 3 is 2.48 bits per heavy atom. The molecule has 0 unspecified atom stereocenters. The molecule has 0 amide bonds. The monoisotopic (exact) mass is 319 g/mol. The predicted octanol–water partition coefficient (Wildman–Crippen LogP) is 4.43. The van der Waals surface area contributed by atoms with Crippen LogP contribution in [0.2, 0.25) is 0 Å². The Hall–Kier alpha value is -2.70. The van der Waals surface area contributed by atoms with Gasteiger partial charge in [0.1, 0.15) is 0 Å². The molecular weight excluding hydrogens is 307 g/mol. The highest BCUT2D eigenvalue weighted by Gasteiger charge is 2.33. The average Bonchev–Trinajstić information content (AvgIpc) is 2.96. The molecule has 0 saturated carbocycles. The number of hydrogen-bond acceptors (Lipinski definition) is 4. The summed E-state index contributed by atoms with van der Waals surface area (Å²) in [6, 6.07) is 7.41. The van der Waals surface area contributed by atoms with Crippen molar-refractivity contribution in [2.45, 2.75) is 20.0 Å². The molecule has 0 aliphatic heterocycles. The normalized spacial score (nSPS) is 11.7. The maximum absolute atomic E-state index is 13.0. The van der Waals surface area contributed by atoms with Gasteiger partial charge in [-0.05, 0) is 43.7 Å². The number of nitrogens with zero attached hydrogens (tertiary/aromatic N) is 3. The minimum absolute atomic E-state index is 0.0416. The lowest BCUT2D eigenvalue weighted by atomic mass is 10.0. The SMILES string of the molecule is Cc1cc(-c2noc(-c3ccc(C)c(C(F)(F)F)c3)n2)ccn1. The molecule has 7 heteroatoms. The maximum Gasteiger partial charge on any atom is 0.416 e. The summed E-state index contributed by atoms with van der Waals surface area (Å²) in [5, 5.41) is 3.82. The third-order valence-electron chi connectivity index (χ3n) is 3.37. The highest BCUT2D eigenvalue weighted by atomic mass is 19.4. The lowest BCUT2D eigenvalue weighted by Gasteiger charge is -2.10. The van der Waals surface area contributed by atoms with E-state index in [1.807, 2.05) is 6.92 Å². The van der Waals surface area contributed by atoms with Gasteiger partial charge in [-0.25, -0.2) is 0 Å². The van der Waals surface area contributed by atoms with Crippen molar-refractivity contribution in [1.82, 2.24) is 15.1 Å². The molecule has 118 valence electrons. The Bertz CT molecular complexity index is 856. The average molecular weight is 319 g/mol. The van der Waals surface area contributed by atoms with Crippen molar-refractivity contribution in [2.24, 2.45) is 0 Å². The fourth-order valence-electron chi connectivity index (χ4n) is 2.20. The van der Waals surface area contributed by atoms with Gasteiger partial charge in [-0.3, -0.25) is 4.98 Å². The van der Waals surface area contributed by atoms with Crippen LogP contribution >= 0.6 is 0 Å². The molecule has 0 fully saturated rings. The van der Waals surface area contributed by atoms with Gasteiger partial charge in [0.15, 0.2) is 0 Å². The minimum atomic E-state index is -4.43. The van der Waals surface area contributed by atoms with E-state index in [4.69, 9.17) is 4.52 Å². The zero-order chi connectivity index (χ0) is 16.6. The number of benzene rings is 1. The number of pyridine rings is 1. The summed E-state index contributed by atoms with van der Waals surface area (Å²) in [5.41, 5.74) is 1.13. The molecule has 2 aromatic heterocycles. The standard InChI is InChI=1S/C16H12F3N3O/c1-9-3-4-12(8-13(9)16(17,18)19)15-21-14(22-23-15)11-5-6-20-10(2)7-11/h3-8H,1-2H3. The first-order chi connectivity index (χ1) is 10.8. The van der Waals surface area contributed by atoms with Gasteiger partial charge >= 0.3 is 6.18 Å². The van der Waals surface area contributed by atoms with E-state index in [2.05, 4.69) is 15.1 Å². The molecule has 2 heterocycles. The lowest BCUT2D eigenvalue weighted by Crippen LogP contribution is -2.07. The Labute approximate surface area is 130 Å². The van der Waals surface area contributed by atoms with Crippen LogP contribution in [-0.2, 0) is 6.18 Å². The number of aryl methyl sites for hydroxylation is 2. The van der Waals surface area contributed by atoms with Gasteiger partial charge in [0.25, 0.3) is 5.89 Å². The number of aromatic nitrogens is 3. The quantitative estimate of drug-likeness (QED) is 0.701. The predicted molar refractivity (Wildman–Crippen MR) is 77.4 cm³/mol. The molecule has 3 rings (SSSR count). The second-order valence-corrected chi connectivity index (χ2v) is 5.14. The number of hydrogen-bond donors (Lipinski definition) is 0. The third kappa shape index (κ3) is 3.08. The molecule has 0 N–H and O–H groups in total. The van der Waals surface area contributed by atoms with E-state index < -0.39 is 11.7 Å². The van der Waals surface area contributed by atoms with E-state index >= 15 is 0 Å². The smallest absolute Gasteiger partial charge is 0.334 e. The van der Waals surface area contributed by atoms with Crippen molar-refractivity contribution in [1.29, 1.82) is 0 Å². The Morgan fingerprint density at radius 1 is 1.00 bits per heavy atom. The molecule has 3 aromatic rings. The first-order valence-corrected chi connectivity index (χ1v) is 6.79. The first kappa shape index (κ1) is 15.2. The lowest BCUT2D eigenvalue weighted by molar-refractivity contribution is -0.138. The van der Waals surface area contributed by atoms with E-state index in [9.17, 15) is 13.2 Å². The van der Waals surface area contributed by atoms with Crippen LogP contribution in [0.4, 0.5) is 13.2 Å². The van der Waals surface area contributed by atoms with Gasteiger partial charge in [0.05, 0.1) is 5.56 Å². The van der Waals surface area contributed by atoms with Crippen LogP contribution in [0.15, 0.2) is 41.1 Å². The van der Waals surface area contributed by atoms with E-state index in [0.717, 1.165) is 11.8 Å². The summed E-state index contributed by atoms with van der Waals surface area (Å²) >= 11 is 0. The zero-order valence-corrected chi connectivity index (χ0v) is 12.3. The molecule has 0 spiro atoms. The Kier molecular flexibility index (Phi) is 3.63. The maximum atomic E-state index is 13.0. The third-order valence-corrected chi connectivity index (χ3v) is 3.37. The number of rotatable bonds is 2. The second kappa shape index (κ2) is 5.49. The van der Waals surface area contributed by atoms with Crippen molar-refractivity contribution in [2.75, 3.05) is 0 Å². The van der Waals surface area contributed by atoms with Crippen molar-refractivity contribution in [3.63, 3.8) is 0 Å². The van der Waals surface area contributed by atoms with Crippen molar-refractivity contribution >= 4 is 0 Å². The summed E-state index contributed by atoms with van der Waals surface area (Å²) in [7, 11) is 0. The van der Waals surface area contributed by atoms with Gasteiger partial charge in [-0.2, -0.15) is 18.2 Å². The molecule has 1 aromatic carbocycles. The topological polar surface area (TPSA) is 51.8 Å². The molecule has 0 atom stereocenters. The highest BCUT2D eigenvalue weighted by molar-refractivity contribution is 5.61. The van der Waals surface area contributed by atoms with E-state index in [1.165, 1.54) is 19.1 Å². The van der Waals surface area contributed by atoms with Crippen molar-refractivity contribution in [3.05, 3.63) is 53.3 Å². The van der Waals surface area contributed by atoms with Crippen LogP contribution in [0.5, 0.6) is 0 Å². The van der Waals surface area contributed by atoms with Crippen molar-refractivity contribution in [3.8, 4) is 22.8 Å². The highest BCUT2D eigenvalue weighted by Crippen LogP contribution is 2.34. The fourth-order valence-corrected chi connectivity index (χ4v) is 2.20. The zero-order valence-electron chi connectivity index (χ0n) is 12.3. The van der Waals surface area contributed by atoms with E-state index in [0.29, 0.717) is 11.4 Å².